The van der Waals surface area contributed by atoms with Crippen molar-refractivity contribution in [2.45, 2.75) is 26.7 Å². The van der Waals surface area contributed by atoms with Gasteiger partial charge in [-0.2, -0.15) is 15.8 Å². The van der Waals surface area contributed by atoms with Crippen molar-refractivity contribution in [3.63, 3.8) is 0 Å². The fourth-order valence-corrected chi connectivity index (χ4v) is 2.65. The summed E-state index contributed by atoms with van der Waals surface area (Å²) in [5.74, 6) is -0.501. The molecule has 1 aliphatic carbocycles. The van der Waals surface area contributed by atoms with Crippen LogP contribution in [0.15, 0.2) is 35.1 Å². The zero-order valence-electron chi connectivity index (χ0n) is 14.2. The third-order valence-electron chi connectivity index (χ3n) is 3.83. The van der Waals surface area contributed by atoms with Gasteiger partial charge < -0.3 is 9.64 Å². The van der Waals surface area contributed by atoms with Gasteiger partial charge in [0.25, 0.3) is 0 Å². The van der Waals surface area contributed by atoms with Crippen molar-refractivity contribution < 1.29 is 9.53 Å². The molecule has 1 aliphatic rings. The summed E-state index contributed by atoms with van der Waals surface area (Å²) in [7, 11) is 1.80. The van der Waals surface area contributed by atoms with Gasteiger partial charge in [-0.3, -0.25) is 0 Å². The summed E-state index contributed by atoms with van der Waals surface area (Å²) in [5, 5.41) is 27.9. The summed E-state index contributed by atoms with van der Waals surface area (Å²) in [5.41, 5.74) is 1.40. The molecule has 0 atom stereocenters. The molecule has 0 radical (unpaired) electrons. The van der Waals surface area contributed by atoms with E-state index in [0.717, 1.165) is 11.8 Å². The van der Waals surface area contributed by atoms with E-state index in [1.165, 1.54) is 0 Å². The molecule has 0 saturated carbocycles. The number of ether oxygens (including phenoxy) is 1. The highest BCUT2D eigenvalue weighted by atomic mass is 16.5. The molecule has 6 nitrogen and oxygen atoms in total. The summed E-state index contributed by atoms with van der Waals surface area (Å²) < 4.78 is 4.97. The number of likely N-dealkylation sites (N-methyl/N-ethyl adjacent to an activating group) is 1. The number of nitrogens with zero attached hydrogens (tertiary/aromatic N) is 4. The fourth-order valence-electron chi connectivity index (χ4n) is 2.65. The topological polar surface area (TPSA) is 101 Å². The van der Waals surface area contributed by atoms with Gasteiger partial charge >= 0.3 is 5.97 Å². The maximum atomic E-state index is 11.1. The third-order valence-corrected chi connectivity index (χ3v) is 3.83. The second-order valence-corrected chi connectivity index (χ2v) is 6.32. The van der Waals surface area contributed by atoms with E-state index in [4.69, 9.17) is 4.74 Å². The molecule has 0 N–H and O–H groups in total. The minimum absolute atomic E-state index is 0.0247. The smallest absolute Gasteiger partial charge is 0.330 e. The molecule has 0 unspecified atom stereocenters. The Morgan fingerprint density at radius 1 is 1.33 bits per heavy atom. The molecule has 6 heteroatoms. The van der Waals surface area contributed by atoms with E-state index in [0.29, 0.717) is 30.5 Å². The Balaban J connectivity index is 3.21. The van der Waals surface area contributed by atoms with Crippen LogP contribution in [0.4, 0.5) is 0 Å². The largest absolute Gasteiger partial charge is 0.461 e. The first-order valence-electron chi connectivity index (χ1n) is 7.47. The van der Waals surface area contributed by atoms with Crippen LogP contribution in [0.2, 0.25) is 0 Å². The molecule has 24 heavy (non-hydrogen) atoms. The molecule has 0 heterocycles. The first kappa shape index (κ1) is 19.0. The molecule has 124 valence electrons. The quantitative estimate of drug-likeness (QED) is 0.437. The average Bonchev–Trinajstić information content (AvgIpc) is 2.54. The Labute approximate surface area is 142 Å². The maximum Gasteiger partial charge on any atom is 0.330 e. The monoisotopic (exact) mass is 324 g/mol. The van der Waals surface area contributed by atoms with E-state index in [1.807, 2.05) is 30.9 Å². The minimum Gasteiger partial charge on any atom is -0.461 e. The van der Waals surface area contributed by atoms with E-state index >= 15 is 0 Å². The lowest BCUT2D eigenvalue weighted by Gasteiger charge is -2.37. The number of allylic oxidation sites excluding steroid dienone is 4. The van der Waals surface area contributed by atoms with Crippen LogP contribution in [0.5, 0.6) is 0 Å². The normalized spacial score (nSPS) is 15.6. The molecular weight excluding hydrogens is 304 g/mol. The lowest BCUT2D eigenvalue weighted by atomic mass is 9.72. The predicted molar refractivity (Wildman–Crippen MR) is 87.7 cm³/mol. The van der Waals surface area contributed by atoms with Gasteiger partial charge in [0.2, 0.25) is 0 Å². The van der Waals surface area contributed by atoms with Gasteiger partial charge in [0.1, 0.15) is 30.4 Å². The van der Waals surface area contributed by atoms with Gasteiger partial charge in [-0.1, -0.05) is 20.4 Å². The molecule has 0 saturated heterocycles. The van der Waals surface area contributed by atoms with Gasteiger partial charge in [0.05, 0.1) is 12.1 Å². The Kier molecular flexibility index (Phi) is 6.33. The first-order chi connectivity index (χ1) is 11.3. The Hall–Kier alpha value is -3.04. The van der Waals surface area contributed by atoms with Crippen LogP contribution in [0, 0.1) is 39.4 Å². The van der Waals surface area contributed by atoms with Crippen molar-refractivity contribution in [1.82, 2.24) is 4.90 Å². The summed E-state index contributed by atoms with van der Waals surface area (Å²) in [4.78, 5) is 12.9. The second-order valence-electron chi connectivity index (χ2n) is 6.32. The van der Waals surface area contributed by atoms with E-state index < -0.39 is 5.97 Å². The summed E-state index contributed by atoms with van der Waals surface area (Å²) >= 11 is 0. The van der Waals surface area contributed by atoms with Crippen molar-refractivity contribution in [2.75, 3.05) is 20.2 Å². The van der Waals surface area contributed by atoms with E-state index in [9.17, 15) is 20.6 Å². The van der Waals surface area contributed by atoms with Gasteiger partial charge in [-0.05, 0) is 18.3 Å². The number of rotatable bonds is 5. The van der Waals surface area contributed by atoms with Crippen LogP contribution in [0.3, 0.4) is 0 Å². The highest BCUT2D eigenvalue weighted by molar-refractivity contribution is 5.81. The van der Waals surface area contributed by atoms with Crippen molar-refractivity contribution >= 4 is 5.97 Å². The van der Waals surface area contributed by atoms with Crippen LogP contribution in [-0.4, -0.2) is 31.1 Å². The average molecular weight is 324 g/mol. The van der Waals surface area contributed by atoms with Crippen molar-refractivity contribution in [1.29, 1.82) is 15.8 Å². The molecule has 0 spiro atoms. The van der Waals surface area contributed by atoms with Gasteiger partial charge in [-0.15, -0.1) is 0 Å². The zero-order chi connectivity index (χ0) is 18.3. The molecule has 0 fully saturated rings. The van der Waals surface area contributed by atoms with Crippen LogP contribution in [-0.2, 0) is 9.53 Å². The number of nitriles is 3. The number of hydrogen-bond donors (Lipinski definition) is 0. The molecule has 1 rings (SSSR count). The Morgan fingerprint density at radius 3 is 2.46 bits per heavy atom. The molecule has 0 aromatic rings. The third kappa shape index (κ3) is 4.48. The van der Waals surface area contributed by atoms with Crippen LogP contribution < -0.4 is 0 Å². The highest BCUT2D eigenvalue weighted by Crippen LogP contribution is 2.43. The second kappa shape index (κ2) is 7.99. The van der Waals surface area contributed by atoms with Crippen LogP contribution in [0.25, 0.3) is 0 Å². The minimum atomic E-state index is -0.501. The Bertz CT molecular complexity index is 708. The predicted octanol–water partition coefficient (Wildman–Crippen LogP) is 2.59. The summed E-state index contributed by atoms with van der Waals surface area (Å²) in [6.07, 6.45) is 2.22. The molecule has 0 aromatic carbocycles. The summed E-state index contributed by atoms with van der Waals surface area (Å²) in [6, 6.07) is 5.90. The van der Waals surface area contributed by atoms with Gasteiger partial charge in [-0.25, -0.2) is 4.79 Å². The number of carbonyl (C=O) groups excluding carboxylic acids is 1. The van der Waals surface area contributed by atoms with E-state index in [-0.39, 0.29) is 17.6 Å². The number of carbonyl (C=O) groups is 1. The lowest BCUT2D eigenvalue weighted by molar-refractivity contribution is -0.137. The molecule has 0 bridgehead atoms. The van der Waals surface area contributed by atoms with E-state index in [1.54, 1.807) is 7.05 Å². The maximum absolute atomic E-state index is 11.1. The van der Waals surface area contributed by atoms with Crippen molar-refractivity contribution in [3.8, 4) is 18.2 Å². The SMILES string of the molecule is C=CC(=O)OCCN(C)C1=C(C#N)C(=C(C#N)C#N)CC(C)(C)C1. The van der Waals surface area contributed by atoms with E-state index in [2.05, 4.69) is 12.6 Å². The van der Waals surface area contributed by atoms with Crippen molar-refractivity contribution in [2.24, 2.45) is 5.41 Å². The fraction of sp³-hybridized carbons (Fsp3) is 0.444. The molecule has 0 aromatic heterocycles. The Morgan fingerprint density at radius 2 is 1.96 bits per heavy atom. The molecular formula is C18H20N4O2. The standard InChI is InChI=1S/C18H20N4O2/c1-5-17(23)24-7-6-22(4)16-9-18(2,3)8-14(15(16)12-21)13(10-19)11-20/h5H,1,6-9H2,2-4H3. The van der Waals surface area contributed by atoms with Crippen LogP contribution >= 0.6 is 0 Å². The highest BCUT2D eigenvalue weighted by Gasteiger charge is 2.34. The molecule has 0 amide bonds. The van der Waals surface area contributed by atoms with Crippen molar-refractivity contribution in [3.05, 3.63) is 35.1 Å². The van der Waals surface area contributed by atoms with Gasteiger partial charge in [0.15, 0.2) is 0 Å². The number of esters is 1. The van der Waals surface area contributed by atoms with Gasteiger partial charge in [0, 0.05) is 24.4 Å². The lowest BCUT2D eigenvalue weighted by Crippen LogP contribution is -2.31. The summed E-state index contributed by atoms with van der Waals surface area (Å²) in [6.45, 7) is 7.95. The zero-order valence-corrected chi connectivity index (χ0v) is 14.2. The first-order valence-corrected chi connectivity index (χ1v) is 7.47. The van der Waals surface area contributed by atoms with Crippen LogP contribution in [0.1, 0.15) is 26.7 Å². The number of hydrogen-bond acceptors (Lipinski definition) is 6. The molecule has 0 aliphatic heterocycles.